The minimum atomic E-state index is -0.852. The van der Waals surface area contributed by atoms with E-state index in [9.17, 15) is 10.1 Å². The minimum Gasteiger partial charge on any atom is -0.384 e. The zero-order valence-corrected chi connectivity index (χ0v) is 7.84. The average Bonchev–Trinajstić information content (AvgIpc) is 2.17. The maximum atomic E-state index is 9.87. The van der Waals surface area contributed by atoms with E-state index in [4.69, 9.17) is 11.1 Å². The molecule has 7 nitrogen and oxygen atoms in total. The Kier molecular flexibility index (Phi) is 3.55. The first-order valence-electron chi connectivity index (χ1n) is 4.16. The maximum absolute atomic E-state index is 9.87. The summed E-state index contributed by atoms with van der Waals surface area (Å²) < 4.78 is 0. The lowest BCUT2D eigenvalue weighted by Crippen LogP contribution is -2.12. The predicted molar refractivity (Wildman–Crippen MR) is 51.9 cm³/mol. The molecule has 0 spiro atoms. The van der Waals surface area contributed by atoms with Gasteiger partial charge >= 0.3 is 0 Å². The maximum Gasteiger partial charge on any atom is 0.294 e. The van der Waals surface area contributed by atoms with Crippen molar-refractivity contribution in [2.24, 2.45) is 5.73 Å². The Morgan fingerprint density at radius 2 is 2.47 bits per heavy atom. The summed E-state index contributed by atoms with van der Waals surface area (Å²) in [6, 6.07) is 3.20. The van der Waals surface area contributed by atoms with Crippen molar-refractivity contribution in [3.8, 4) is 0 Å². The van der Waals surface area contributed by atoms with Crippen molar-refractivity contribution in [3.05, 3.63) is 39.7 Å². The van der Waals surface area contributed by atoms with E-state index in [1.807, 2.05) is 0 Å². The van der Waals surface area contributed by atoms with Crippen molar-refractivity contribution < 1.29 is 9.92 Å². The molecule has 0 unspecified atom stereocenters. The van der Waals surface area contributed by atoms with Crippen molar-refractivity contribution in [1.82, 2.24) is 4.98 Å². The van der Waals surface area contributed by atoms with E-state index in [0.29, 0.717) is 17.7 Å². The van der Waals surface area contributed by atoms with Gasteiger partial charge in [0.25, 0.3) is 5.09 Å². The van der Waals surface area contributed by atoms with E-state index in [0.717, 1.165) is 0 Å². The van der Waals surface area contributed by atoms with Crippen LogP contribution < -0.4 is 5.73 Å². The molecule has 1 rings (SSSR count). The van der Waals surface area contributed by atoms with Crippen LogP contribution in [0.25, 0.3) is 0 Å². The molecule has 1 aromatic heterocycles. The van der Waals surface area contributed by atoms with Gasteiger partial charge in [-0.15, -0.1) is 10.1 Å². The van der Waals surface area contributed by atoms with Crippen molar-refractivity contribution in [2.45, 2.75) is 6.42 Å². The molecule has 0 aliphatic rings. The Balaban J connectivity index is 2.58. The van der Waals surface area contributed by atoms with E-state index >= 15 is 0 Å². The molecule has 0 bridgehead atoms. The second-order valence-electron chi connectivity index (χ2n) is 2.76. The van der Waals surface area contributed by atoms with Crippen LogP contribution in [0, 0.1) is 15.5 Å². The molecule has 3 N–H and O–H groups in total. The molecule has 0 aliphatic carbocycles. The van der Waals surface area contributed by atoms with Gasteiger partial charge in [-0.1, -0.05) is 0 Å². The number of amidine groups is 1. The molecule has 0 amide bonds. The molecular weight excluding hydrogens is 200 g/mol. The van der Waals surface area contributed by atoms with E-state index in [1.54, 1.807) is 12.1 Å². The molecule has 0 saturated heterocycles. The minimum absolute atomic E-state index is 0.0542. The third kappa shape index (κ3) is 3.59. The smallest absolute Gasteiger partial charge is 0.294 e. The van der Waals surface area contributed by atoms with Crippen molar-refractivity contribution in [1.29, 1.82) is 5.41 Å². The van der Waals surface area contributed by atoms with E-state index < -0.39 is 5.09 Å². The molecular formula is C8H10N4O3. The van der Waals surface area contributed by atoms with Crippen LogP contribution in [0.15, 0.2) is 18.3 Å². The SMILES string of the molecule is N=C(N)c1ccnc(CCO[N+](=O)[O-])c1. The molecule has 1 heterocycles. The summed E-state index contributed by atoms with van der Waals surface area (Å²) >= 11 is 0. The van der Waals surface area contributed by atoms with Gasteiger partial charge < -0.3 is 10.6 Å². The highest BCUT2D eigenvalue weighted by Crippen LogP contribution is 2.01. The number of nitrogen functional groups attached to an aromatic ring is 1. The second kappa shape index (κ2) is 4.89. The number of hydrogen-bond acceptors (Lipinski definition) is 5. The Morgan fingerprint density at radius 3 is 3.07 bits per heavy atom. The fraction of sp³-hybridized carbons (Fsp3) is 0.250. The van der Waals surface area contributed by atoms with Crippen LogP contribution >= 0.6 is 0 Å². The van der Waals surface area contributed by atoms with Gasteiger partial charge in [-0.05, 0) is 12.1 Å². The molecule has 0 aliphatic heterocycles. The van der Waals surface area contributed by atoms with Crippen LogP contribution in [0.3, 0.4) is 0 Å². The fourth-order valence-electron chi connectivity index (χ4n) is 1.01. The summed E-state index contributed by atoms with van der Waals surface area (Å²) in [5.74, 6) is -0.0613. The zero-order chi connectivity index (χ0) is 11.3. The summed E-state index contributed by atoms with van der Waals surface area (Å²) in [4.78, 5) is 18.0. The van der Waals surface area contributed by atoms with E-state index in [-0.39, 0.29) is 12.4 Å². The molecule has 80 valence electrons. The lowest BCUT2D eigenvalue weighted by Gasteiger charge is -2.02. The summed E-state index contributed by atoms with van der Waals surface area (Å²) in [5, 5.41) is 16.2. The first-order valence-corrected chi connectivity index (χ1v) is 4.16. The molecule has 0 aromatic carbocycles. The van der Waals surface area contributed by atoms with Gasteiger partial charge in [0.1, 0.15) is 12.4 Å². The highest BCUT2D eigenvalue weighted by molar-refractivity contribution is 5.94. The number of rotatable bonds is 5. The van der Waals surface area contributed by atoms with Gasteiger partial charge in [-0.3, -0.25) is 10.4 Å². The number of nitrogens with zero attached hydrogens (tertiary/aromatic N) is 2. The second-order valence-corrected chi connectivity index (χ2v) is 2.76. The number of aromatic nitrogens is 1. The first-order chi connectivity index (χ1) is 7.09. The number of nitrogens with two attached hydrogens (primary N) is 1. The van der Waals surface area contributed by atoms with Crippen LogP contribution in [0.4, 0.5) is 0 Å². The van der Waals surface area contributed by atoms with Gasteiger partial charge in [0.15, 0.2) is 0 Å². The highest BCUT2D eigenvalue weighted by Gasteiger charge is 2.01. The summed E-state index contributed by atoms with van der Waals surface area (Å²) in [5.41, 5.74) is 6.42. The van der Waals surface area contributed by atoms with Crippen LogP contribution in [0.1, 0.15) is 11.3 Å². The normalized spacial score (nSPS) is 9.60. The van der Waals surface area contributed by atoms with Crippen LogP contribution in [-0.2, 0) is 11.3 Å². The quantitative estimate of drug-likeness (QED) is 0.310. The fourth-order valence-corrected chi connectivity index (χ4v) is 1.01. The molecule has 7 heteroatoms. The predicted octanol–water partition coefficient (Wildman–Crippen LogP) is 0.116. The lowest BCUT2D eigenvalue weighted by atomic mass is 10.2. The Labute approximate surface area is 85.5 Å². The lowest BCUT2D eigenvalue weighted by molar-refractivity contribution is -0.757. The number of nitrogens with one attached hydrogen (secondary N) is 1. The van der Waals surface area contributed by atoms with Crippen LogP contribution in [0.2, 0.25) is 0 Å². The van der Waals surface area contributed by atoms with Gasteiger partial charge in [0, 0.05) is 23.9 Å². The van der Waals surface area contributed by atoms with Crippen molar-refractivity contribution in [3.63, 3.8) is 0 Å². The molecule has 0 radical (unpaired) electrons. The average molecular weight is 210 g/mol. The molecule has 1 aromatic rings. The topological polar surface area (TPSA) is 115 Å². The molecule has 0 saturated carbocycles. The van der Waals surface area contributed by atoms with Crippen LogP contribution in [-0.4, -0.2) is 22.5 Å². The van der Waals surface area contributed by atoms with Gasteiger partial charge in [-0.2, -0.15) is 0 Å². The summed E-state index contributed by atoms with van der Waals surface area (Å²) in [6.07, 6.45) is 1.81. The largest absolute Gasteiger partial charge is 0.384 e. The summed E-state index contributed by atoms with van der Waals surface area (Å²) in [7, 11) is 0. The van der Waals surface area contributed by atoms with Gasteiger partial charge in [0.05, 0.1) is 0 Å². The zero-order valence-electron chi connectivity index (χ0n) is 7.84. The third-order valence-corrected chi connectivity index (χ3v) is 1.68. The number of hydrogen-bond donors (Lipinski definition) is 2. The van der Waals surface area contributed by atoms with Gasteiger partial charge in [0.2, 0.25) is 0 Å². The van der Waals surface area contributed by atoms with Crippen molar-refractivity contribution in [2.75, 3.05) is 6.61 Å². The van der Waals surface area contributed by atoms with E-state index in [2.05, 4.69) is 9.82 Å². The monoisotopic (exact) mass is 210 g/mol. The highest BCUT2D eigenvalue weighted by atomic mass is 16.9. The first kappa shape index (κ1) is 10.9. The standard InChI is InChI=1S/C8H10N4O3/c9-8(10)6-1-3-11-7(5-6)2-4-15-12(13)14/h1,3,5H,2,4H2,(H3,9,10). The third-order valence-electron chi connectivity index (χ3n) is 1.68. The van der Waals surface area contributed by atoms with Crippen LogP contribution in [0.5, 0.6) is 0 Å². The number of pyridine rings is 1. The van der Waals surface area contributed by atoms with Gasteiger partial charge in [-0.25, -0.2) is 0 Å². The summed E-state index contributed by atoms with van der Waals surface area (Å²) in [6.45, 7) is -0.0542. The molecule has 0 atom stereocenters. The molecule has 0 fully saturated rings. The Morgan fingerprint density at radius 1 is 1.73 bits per heavy atom. The molecule has 15 heavy (non-hydrogen) atoms. The van der Waals surface area contributed by atoms with Crippen molar-refractivity contribution >= 4 is 5.84 Å². The van der Waals surface area contributed by atoms with E-state index in [1.165, 1.54) is 6.20 Å². The Hall–Kier alpha value is -2.18. The Bertz CT molecular complexity index is 380.